The van der Waals surface area contributed by atoms with Crippen LogP contribution in [-0.2, 0) is 4.79 Å². The maximum atomic E-state index is 12.0. The lowest BCUT2D eigenvalue weighted by Gasteiger charge is -2.17. The van der Waals surface area contributed by atoms with Crippen molar-refractivity contribution < 1.29 is 14.7 Å². The molecule has 1 unspecified atom stereocenters. The molecular weight excluding hydrogens is 246 g/mol. The number of urea groups is 1. The second kappa shape index (κ2) is 4.72. The number of benzene rings is 1. The third-order valence-corrected chi connectivity index (χ3v) is 3.14. The maximum absolute atomic E-state index is 12.0. The summed E-state index contributed by atoms with van der Waals surface area (Å²) in [5.41, 5.74) is -0.293. The number of nitrogens with zero attached hydrogens (tertiary/aromatic N) is 2. The number of phenols is 1. The zero-order valence-electron chi connectivity index (χ0n) is 10.8. The predicted octanol–water partition coefficient (Wildman–Crippen LogP) is 1.45. The normalized spacial score (nSPS) is 23.2. The Labute approximate surface area is 110 Å². The number of hydrogen-bond donors (Lipinski definition) is 2. The van der Waals surface area contributed by atoms with Gasteiger partial charge in [0.15, 0.2) is 0 Å². The molecule has 6 nitrogen and oxygen atoms in total. The van der Waals surface area contributed by atoms with E-state index in [1.54, 1.807) is 19.1 Å². The first kappa shape index (κ1) is 13.1. The van der Waals surface area contributed by atoms with E-state index in [4.69, 9.17) is 0 Å². The van der Waals surface area contributed by atoms with Gasteiger partial charge in [0.25, 0.3) is 5.91 Å². The number of nitrogens with one attached hydrogen (secondary N) is 1. The van der Waals surface area contributed by atoms with Crippen LogP contribution in [0.1, 0.15) is 25.8 Å². The Kier molecular flexibility index (Phi) is 3.25. The fourth-order valence-corrected chi connectivity index (χ4v) is 1.74. The first-order valence-corrected chi connectivity index (χ1v) is 5.96. The molecule has 2 N–H and O–H groups in total. The third kappa shape index (κ3) is 2.42. The van der Waals surface area contributed by atoms with Crippen LogP contribution in [0.4, 0.5) is 4.79 Å². The highest BCUT2D eigenvalue weighted by molar-refractivity contribution is 6.07. The minimum atomic E-state index is -0.896. The molecule has 6 heteroatoms. The quantitative estimate of drug-likeness (QED) is 0.638. The molecule has 2 rings (SSSR count). The first-order chi connectivity index (χ1) is 8.96. The molecule has 1 aromatic rings. The van der Waals surface area contributed by atoms with E-state index in [9.17, 15) is 14.7 Å². The Hall–Kier alpha value is -2.37. The van der Waals surface area contributed by atoms with Gasteiger partial charge in [-0.25, -0.2) is 4.79 Å². The number of aromatic hydroxyl groups is 1. The van der Waals surface area contributed by atoms with Crippen molar-refractivity contribution in [1.82, 2.24) is 10.3 Å². The average molecular weight is 261 g/mol. The molecule has 3 amide bonds. The van der Waals surface area contributed by atoms with Gasteiger partial charge in [-0.15, -0.1) is 5.01 Å². The van der Waals surface area contributed by atoms with E-state index in [-0.39, 0.29) is 11.7 Å². The topological polar surface area (TPSA) is 82.0 Å². The Bertz CT molecular complexity index is 556. The first-order valence-electron chi connectivity index (χ1n) is 5.96. The van der Waals surface area contributed by atoms with Crippen LogP contribution in [0.25, 0.3) is 0 Å². The molecule has 0 radical (unpaired) electrons. The highest BCUT2D eigenvalue weighted by Crippen LogP contribution is 2.21. The van der Waals surface area contributed by atoms with Crippen molar-refractivity contribution in [2.45, 2.75) is 25.8 Å². The molecule has 0 spiro atoms. The van der Waals surface area contributed by atoms with E-state index in [0.717, 1.165) is 5.01 Å². The van der Waals surface area contributed by atoms with Gasteiger partial charge >= 0.3 is 6.03 Å². The number of amides is 3. The largest absolute Gasteiger partial charge is 0.508 e. The van der Waals surface area contributed by atoms with Crippen LogP contribution in [-0.4, -0.2) is 33.8 Å². The van der Waals surface area contributed by atoms with Gasteiger partial charge in [-0.3, -0.25) is 4.79 Å². The van der Waals surface area contributed by atoms with E-state index in [1.807, 2.05) is 6.92 Å². The molecule has 0 saturated carbocycles. The lowest BCUT2D eigenvalue weighted by molar-refractivity contribution is -0.130. The summed E-state index contributed by atoms with van der Waals surface area (Å²) in [5.74, 6) is -0.282. The molecule has 0 bridgehead atoms. The number of hydrogen-bond acceptors (Lipinski definition) is 4. The zero-order valence-corrected chi connectivity index (χ0v) is 10.8. The molecule has 100 valence electrons. The van der Waals surface area contributed by atoms with Crippen LogP contribution in [0, 0.1) is 0 Å². The van der Waals surface area contributed by atoms with E-state index in [0.29, 0.717) is 12.0 Å². The monoisotopic (exact) mass is 261 g/mol. The standard InChI is InChI=1S/C13H15N3O3/c1-3-13(2)11(18)16(12(19)15-13)14-8-9-5-4-6-10(17)7-9/h4-8,17H,3H2,1-2H3,(H,15,19)/b14-8+. The summed E-state index contributed by atoms with van der Waals surface area (Å²) in [5, 5.41) is 16.6. The minimum absolute atomic E-state index is 0.0968. The smallest absolute Gasteiger partial charge is 0.346 e. The summed E-state index contributed by atoms with van der Waals surface area (Å²) in [7, 11) is 0. The van der Waals surface area contributed by atoms with Crippen LogP contribution >= 0.6 is 0 Å². The van der Waals surface area contributed by atoms with E-state index >= 15 is 0 Å². The van der Waals surface area contributed by atoms with E-state index < -0.39 is 11.6 Å². The van der Waals surface area contributed by atoms with Crippen LogP contribution < -0.4 is 5.32 Å². The SMILES string of the molecule is CCC1(C)NC(=O)N(/N=C/c2cccc(O)c2)C1=O. The third-order valence-electron chi connectivity index (χ3n) is 3.14. The zero-order chi connectivity index (χ0) is 14.0. The Morgan fingerprint density at radius 3 is 2.79 bits per heavy atom. The number of carbonyl (C=O) groups excluding carboxylic acids is 2. The number of phenolic OH excluding ortho intramolecular Hbond substituents is 1. The van der Waals surface area contributed by atoms with Gasteiger partial charge in [-0.2, -0.15) is 5.10 Å². The van der Waals surface area contributed by atoms with Gasteiger partial charge in [-0.1, -0.05) is 19.1 Å². The minimum Gasteiger partial charge on any atom is -0.508 e. The second-order valence-corrected chi connectivity index (χ2v) is 4.57. The van der Waals surface area contributed by atoms with Crippen LogP contribution in [0.3, 0.4) is 0 Å². The number of imide groups is 1. The molecule has 1 aliphatic rings. The van der Waals surface area contributed by atoms with Gasteiger partial charge < -0.3 is 10.4 Å². The molecule has 1 aliphatic heterocycles. The molecule has 1 aromatic carbocycles. The molecule has 1 heterocycles. The Morgan fingerprint density at radius 2 is 2.21 bits per heavy atom. The van der Waals surface area contributed by atoms with Crippen molar-refractivity contribution in [1.29, 1.82) is 0 Å². The molecule has 0 aliphatic carbocycles. The summed E-state index contributed by atoms with van der Waals surface area (Å²) in [6.45, 7) is 3.48. The average Bonchev–Trinajstić information content (AvgIpc) is 2.59. The number of carbonyl (C=O) groups is 2. The molecule has 1 saturated heterocycles. The Morgan fingerprint density at radius 1 is 1.47 bits per heavy atom. The lowest BCUT2D eigenvalue weighted by Crippen LogP contribution is -2.42. The van der Waals surface area contributed by atoms with Gasteiger partial charge in [0.05, 0.1) is 6.21 Å². The van der Waals surface area contributed by atoms with Crippen molar-refractivity contribution in [2.75, 3.05) is 0 Å². The van der Waals surface area contributed by atoms with E-state index in [1.165, 1.54) is 18.3 Å². The van der Waals surface area contributed by atoms with Gasteiger partial charge in [0.2, 0.25) is 0 Å². The number of rotatable bonds is 3. The van der Waals surface area contributed by atoms with Gasteiger partial charge in [0, 0.05) is 0 Å². The molecule has 1 atom stereocenters. The summed E-state index contributed by atoms with van der Waals surface area (Å²) in [6.07, 6.45) is 1.86. The van der Waals surface area contributed by atoms with Crippen LogP contribution in [0.5, 0.6) is 5.75 Å². The van der Waals surface area contributed by atoms with Crippen molar-refractivity contribution in [3.63, 3.8) is 0 Å². The number of hydrazone groups is 1. The summed E-state index contributed by atoms with van der Waals surface area (Å²) < 4.78 is 0. The van der Waals surface area contributed by atoms with Gasteiger partial charge in [0.1, 0.15) is 11.3 Å². The fourth-order valence-electron chi connectivity index (χ4n) is 1.74. The molecular formula is C13H15N3O3. The Balaban J connectivity index is 2.20. The fraction of sp³-hybridized carbons (Fsp3) is 0.308. The molecule has 1 fully saturated rings. The van der Waals surface area contributed by atoms with Crippen molar-refractivity contribution >= 4 is 18.2 Å². The van der Waals surface area contributed by atoms with Crippen LogP contribution in [0.15, 0.2) is 29.4 Å². The highest BCUT2D eigenvalue weighted by Gasteiger charge is 2.46. The predicted molar refractivity (Wildman–Crippen MR) is 69.8 cm³/mol. The van der Waals surface area contributed by atoms with Crippen molar-refractivity contribution in [2.24, 2.45) is 5.10 Å². The second-order valence-electron chi connectivity index (χ2n) is 4.57. The summed E-state index contributed by atoms with van der Waals surface area (Å²) in [6, 6.07) is 5.84. The van der Waals surface area contributed by atoms with Crippen molar-refractivity contribution in [3.05, 3.63) is 29.8 Å². The van der Waals surface area contributed by atoms with E-state index in [2.05, 4.69) is 10.4 Å². The summed E-state index contributed by atoms with van der Waals surface area (Å²) >= 11 is 0. The van der Waals surface area contributed by atoms with Crippen LogP contribution in [0.2, 0.25) is 0 Å². The molecule has 0 aromatic heterocycles. The van der Waals surface area contributed by atoms with Gasteiger partial charge in [-0.05, 0) is 31.0 Å². The summed E-state index contributed by atoms with van der Waals surface area (Å²) in [4.78, 5) is 23.7. The lowest BCUT2D eigenvalue weighted by atomic mass is 10.00. The molecule has 19 heavy (non-hydrogen) atoms. The maximum Gasteiger partial charge on any atom is 0.346 e. The highest BCUT2D eigenvalue weighted by atomic mass is 16.3. The van der Waals surface area contributed by atoms with Crippen molar-refractivity contribution in [3.8, 4) is 5.75 Å².